The highest BCUT2D eigenvalue weighted by atomic mass is 79.9. The van der Waals surface area contributed by atoms with Crippen LogP contribution in [0, 0.1) is 18.3 Å². The number of halogens is 1. The fraction of sp³-hybridized carbons (Fsp3) is 0.143. The van der Waals surface area contributed by atoms with Crippen LogP contribution in [0.4, 0.5) is 0 Å². The van der Waals surface area contributed by atoms with Gasteiger partial charge in [0.05, 0.1) is 11.6 Å². The van der Waals surface area contributed by atoms with Crippen LogP contribution in [0.3, 0.4) is 0 Å². The summed E-state index contributed by atoms with van der Waals surface area (Å²) in [4.78, 5) is 4.09. The van der Waals surface area contributed by atoms with Gasteiger partial charge in [-0.1, -0.05) is 0 Å². The molecule has 0 atom stereocenters. The first-order valence-electron chi connectivity index (χ1n) is 5.53. The quantitative estimate of drug-likeness (QED) is 0.863. The third kappa shape index (κ3) is 2.85. The van der Waals surface area contributed by atoms with E-state index < -0.39 is 0 Å². The molecule has 5 heteroatoms. The van der Waals surface area contributed by atoms with Crippen LogP contribution >= 0.6 is 15.9 Å². The summed E-state index contributed by atoms with van der Waals surface area (Å²) in [5.41, 5.74) is 1.27. The standard InChI is InChI=1S/C14H11BrN2O2/c1-9-5-6-17-14(11(9)8-16)19-13-4-3-10(18-2)7-12(13)15/h3-7H,1-2H3. The first-order chi connectivity index (χ1) is 9.15. The van der Waals surface area contributed by atoms with E-state index in [0.717, 1.165) is 15.8 Å². The van der Waals surface area contributed by atoms with Gasteiger partial charge in [0, 0.05) is 6.20 Å². The second kappa shape index (κ2) is 5.72. The number of aromatic nitrogens is 1. The van der Waals surface area contributed by atoms with Crippen molar-refractivity contribution in [3.8, 4) is 23.4 Å². The lowest BCUT2D eigenvalue weighted by molar-refractivity contribution is 0.411. The fourth-order valence-corrected chi connectivity index (χ4v) is 1.98. The number of pyridine rings is 1. The van der Waals surface area contributed by atoms with Crippen molar-refractivity contribution < 1.29 is 9.47 Å². The van der Waals surface area contributed by atoms with Crippen LogP contribution in [-0.2, 0) is 0 Å². The average molecular weight is 319 g/mol. The highest BCUT2D eigenvalue weighted by molar-refractivity contribution is 9.10. The number of rotatable bonds is 3. The molecule has 96 valence electrons. The summed E-state index contributed by atoms with van der Waals surface area (Å²) in [7, 11) is 1.60. The molecule has 0 radical (unpaired) electrons. The van der Waals surface area contributed by atoms with Crippen molar-refractivity contribution in [3.05, 3.63) is 46.1 Å². The van der Waals surface area contributed by atoms with Gasteiger partial charge in [-0.25, -0.2) is 4.98 Å². The molecular formula is C14H11BrN2O2. The molecule has 4 nitrogen and oxygen atoms in total. The van der Waals surface area contributed by atoms with Crippen molar-refractivity contribution in [2.75, 3.05) is 7.11 Å². The summed E-state index contributed by atoms with van der Waals surface area (Å²) >= 11 is 3.39. The molecule has 1 aromatic carbocycles. The molecule has 0 spiro atoms. The largest absolute Gasteiger partial charge is 0.497 e. The smallest absolute Gasteiger partial charge is 0.237 e. The van der Waals surface area contributed by atoms with Crippen molar-refractivity contribution in [2.24, 2.45) is 0 Å². The van der Waals surface area contributed by atoms with Crippen LogP contribution in [0.2, 0.25) is 0 Å². The van der Waals surface area contributed by atoms with E-state index in [0.29, 0.717) is 17.2 Å². The molecule has 2 rings (SSSR count). The van der Waals surface area contributed by atoms with Crippen molar-refractivity contribution in [1.82, 2.24) is 4.98 Å². The topological polar surface area (TPSA) is 55.1 Å². The minimum Gasteiger partial charge on any atom is -0.497 e. The maximum atomic E-state index is 9.13. The molecule has 0 fully saturated rings. The molecule has 0 saturated heterocycles. The summed E-state index contributed by atoms with van der Waals surface area (Å²) in [6.45, 7) is 1.84. The predicted molar refractivity (Wildman–Crippen MR) is 74.5 cm³/mol. The molecular weight excluding hydrogens is 308 g/mol. The molecule has 0 saturated carbocycles. The van der Waals surface area contributed by atoms with E-state index in [1.165, 1.54) is 0 Å². The number of hydrogen-bond donors (Lipinski definition) is 0. The Morgan fingerprint density at radius 3 is 2.74 bits per heavy atom. The number of benzene rings is 1. The molecule has 0 unspecified atom stereocenters. The normalized spacial score (nSPS) is 9.79. The highest BCUT2D eigenvalue weighted by Gasteiger charge is 2.11. The van der Waals surface area contributed by atoms with Gasteiger partial charge in [-0.3, -0.25) is 0 Å². The summed E-state index contributed by atoms with van der Waals surface area (Å²) in [5, 5.41) is 9.13. The lowest BCUT2D eigenvalue weighted by Crippen LogP contribution is -1.95. The van der Waals surface area contributed by atoms with E-state index in [2.05, 4.69) is 27.0 Å². The fourth-order valence-electron chi connectivity index (χ4n) is 1.54. The number of aryl methyl sites for hydroxylation is 1. The Balaban J connectivity index is 2.37. The van der Waals surface area contributed by atoms with E-state index in [-0.39, 0.29) is 0 Å². The highest BCUT2D eigenvalue weighted by Crippen LogP contribution is 2.33. The number of ether oxygens (including phenoxy) is 2. The van der Waals surface area contributed by atoms with Gasteiger partial charge in [0.2, 0.25) is 5.88 Å². The van der Waals surface area contributed by atoms with Gasteiger partial charge in [0.25, 0.3) is 0 Å². The Hall–Kier alpha value is -2.06. The molecule has 0 aliphatic heterocycles. The monoisotopic (exact) mass is 318 g/mol. The predicted octanol–water partition coefficient (Wildman–Crippen LogP) is 3.83. The molecule has 2 aromatic rings. The van der Waals surface area contributed by atoms with Crippen LogP contribution in [0.5, 0.6) is 17.4 Å². The summed E-state index contributed by atoms with van der Waals surface area (Å²) in [6.07, 6.45) is 1.61. The van der Waals surface area contributed by atoms with E-state index >= 15 is 0 Å². The molecule has 1 aromatic heterocycles. The summed E-state index contributed by atoms with van der Waals surface area (Å²) in [5.74, 6) is 1.60. The lowest BCUT2D eigenvalue weighted by atomic mass is 10.2. The molecule has 19 heavy (non-hydrogen) atoms. The van der Waals surface area contributed by atoms with Crippen LogP contribution in [0.25, 0.3) is 0 Å². The summed E-state index contributed by atoms with van der Waals surface area (Å²) < 4.78 is 11.5. The average Bonchev–Trinajstić information content (AvgIpc) is 2.41. The number of nitriles is 1. The van der Waals surface area contributed by atoms with Crippen LogP contribution in [0.1, 0.15) is 11.1 Å². The summed E-state index contributed by atoms with van der Waals surface area (Å²) in [6, 6.07) is 9.20. The van der Waals surface area contributed by atoms with E-state index in [4.69, 9.17) is 14.7 Å². The van der Waals surface area contributed by atoms with E-state index in [1.807, 2.05) is 6.92 Å². The number of methoxy groups -OCH3 is 1. The zero-order valence-electron chi connectivity index (χ0n) is 10.5. The van der Waals surface area contributed by atoms with Crippen molar-refractivity contribution in [3.63, 3.8) is 0 Å². The third-order valence-electron chi connectivity index (χ3n) is 2.58. The minimum atomic E-state index is 0.299. The number of hydrogen-bond acceptors (Lipinski definition) is 4. The molecule has 0 bridgehead atoms. The Labute approximate surface area is 119 Å². The Morgan fingerprint density at radius 2 is 2.11 bits per heavy atom. The number of nitrogens with zero attached hydrogens (tertiary/aromatic N) is 2. The van der Waals surface area contributed by atoms with Gasteiger partial charge in [0.15, 0.2) is 0 Å². The van der Waals surface area contributed by atoms with Crippen molar-refractivity contribution in [1.29, 1.82) is 5.26 Å². The Bertz CT molecular complexity index is 650. The second-order valence-corrected chi connectivity index (χ2v) is 4.67. The third-order valence-corrected chi connectivity index (χ3v) is 3.20. The van der Waals surface area contributed by atoms with Crippen molar-refractivity contribution in [2.45, 2.75) is 6.92 Å². The van der Waals surface area contributed by atoms with Crippen LogP contribution in [0.15, 0.2) is 34.9 Å². The SMILES string of the molecule is COc1ccc(Oc2nccc(C)c2C#N)c(Br)c1. The van der Waals surface area contributed by atoms with Gasteiger partial charge < -0.3 is 9.47 Å². The molecule has 0 N–H and O–H groups in total. The Morgan fingerprint density at radius 1 is 1.32 bits per heavy atom. The molecule has 0 aliphatic rings. The second-order valence-electron chi connectivity index (χ2n) is 3.82. The van der Waals surface area contributed by atoms with E-state index in [1.54, 1.807) is 37.6 Å². The van der Waals surface area contributed by atoms with Gasteiger partial charge in [-0.2, -0.15) is 5.26 Å². The first kappa shape index (κ1) is 13.4. The zero-order valence-corrected chi connectivity index (χ0v) is 12.1. The lowest BCUT2D eigenvalue weighted by Gasteiger charge is -2.10. The van der Waals surface area contributed by atoms with Gasteiger partial charge >= 0.3 is 0 Å². The molecule has 1 heterocycles. The maximum absolute atomic E-state index is 9.13. The Kier molecular flexibility index (Phi) is 4.03. The van der Waals surface area contributed by atoms with Gasteiger partial charge in [-0.15, -0.1) is 0 Å². The first-order valence-corrected chi connectivity index (χ1v) is 6.32. The molecule has 0 aliphatic carbocycles. The zero-order chi connectivity index (χ0) is 13.8. The van der Waals surface area contributed by atoms with Gasteiger partial charge in [-0.05, 0) is 52.7 Å². The van der Waals surface area contributed by atoms with Crippen molar-refractivity contribution >= 4 is 15.9 Å². The molecule has 0 amide bonds. The van der Waals surface area contributed by atoms with Crippen LogP contribution in [-0.4, -0.2) is 12.1 Å². The van der Waals surface area contributed by atoms with Gasteiger partial charge in [0.1, 0.15) is 23.1 Å². The maximum Gasteiger partial charge on any atom is 0.237 e. The van der Waals surface area contributed by atoms with Crippen LogP contribution < -0.4 is 9.47 Å². The van der Waals surface area contributed by atoms with E-state index in [9.17, 15) is 0 Å². The minimum absolute atomic E-state index is 0.299.